The highest BCUT2D eigenvalue weighted by molar-refractivity contribution is 7.12. The van der Waals surface area contributed by atoms with Gasteiger partial charge in [-0.05, 0) is 18.4 Å². The van der Waals surface area contributed by atoms with Crippen molar-refractivity contribution >= 4 is 28.6 Å². The molecule has 3 rings (SSSR count). The Hall–Kier alpha value is -1.31. The average molecular weight is 308 g/mol. The van der Waals surface area contributed by atoms with Crippen LogP contribution in [0.15, 0.2) is 17.5 Å². The van der Waals surface area contributed by atoms with Crippen LogP contribution < -0.4 is 0 Å². The lowest BCUT2D eigenvalue weighted by atomic mass is 10.3. The second kappa shape index (κ2) is 5.99. The van der Waals surface area contributed by atoms with Gasteiger partial charge in [0.25, 0.3) is 5.91 Å². The largest absolute Gasteiger partial charge is 0.335 e. The van der Waals surface area contributed by atoms with E-state index in [1.165, 1.54) is 11.3 Å². The molecule has 1 aliphatic rings. The predicted molar refractivity (Wildman–Crippen MR) is 80.1 cm³/mol. The Labute approximate surface area is 125 Å². The maximum atomic E-state index is 12.2. The van der Waals surface area contributed by atoms with Gasteiger partial charge in [-0.25, -0.2) is 0 Å². The summed E-state index contributed by atoms with van der Waals surface area (Å²) in [6.45, 7) is 6.18. The normalized spacial score (nSPS) is 16.6. The summed E-state index contributed by atoms with van der Waals surface area (Å²) in [5.74, 6) is 0.159. The number of rotatable bonds is 3. The minimum absolute atomic E-state index is 0.159. The van der Waals surface area contributed by atoms with E-state index >= 15 is 0 Å². The molecule has 0 atom stereocenters. The third kappa shape index (κ3) is 3.05. The Morgan fingerprint density at radius 1 is 1.30 bits per heavy atom. The van der Waals surface area contributed by atoms with Crippen molar-refractivity contribution in [2.45, 2.75) is 13.5 Å². The van der Waals surface area contributed by atoms with E-state index in [1.54, 1.807) is 11.3 Å². The number of amides is 1. The molecule has 1 aliphatic heterocycles. The van der Waals surface area contributed by atoms with Gasteiger partial charge in [0.2, 0.25) is 0 Å². The van der Waals surface area contributed by atoms with Gasteiger partial charge in [-0.15, -0.1) is 32.9 Å². The Morgan fingerprint density at radius 2 is 2.10 bits per heavy atom. The molecule has 0 unspecified atom stereocenters. The molecule has 106 valence electrons. The summed E-state index contributed by atoms with van der Waals surface area (Å²) in [6.07, 6.45) is 0. The van der Waals surface area contributed by atoms with Crippen molar-refractivity contribution in [1.82, 2.24) is 20.0 Å². The van der Waals surface area contributed by atoms with E-state index in [0.717, 1.165) is 47.6 Å². The van der Waals surface area contributed by atoms with Crippen LogP contribution in [0, 0.1) is 6.92 Å². The summed E-state index contributed by atoms with van der Waals surface area (Å²) < 4.78 is 0. The van der Waals surface area contributed by atoms with Crippen molar-refractivity contribution in [3.8, 4) is 0 Å². The number of piperazine rings is 1. The summed E-state index contributed by atoms with van der Waals surface area (Å²) in [5, 5.41) is 12.2. The summed E-state index contributed by atoms with van der Waals surface area (Å²) in [4.78, 5) is 17.3. The van der Waals surface area contributed by atoms with Crippen LogP contribution in [0.5, 0.6) is 0 Å². The van der Waals surface area contributed by atoms with Crippen LogP contribution in [0.1, 0.15) is 19.7 Å². The zero-order chi connectivity index (χ0) is 13.9. The molecule has 0 bridgehead atoms. The second-order valence-electron chi connectivity index (χ2n) is 4.76. The monoisotopic (exact) mass is 308 g/mol. The topological polar surface area (TPSA) is 49.3 Å². The lowest BCUT2D eigenvalue weighted by molar-refractivity contribution is 0.0633. The smallest absolute Gasteiger partial charge is 0.264 e. The van der Waals surface area contributed by atoms with Crippen molar-refractivity contribution in [3.05, 3.63) is 32.4 Å². The molecule has 0 radical (unpaired) electrons. The number of nitrogens with zero attached hydrogens (tertiary/aromatic N) is 4. The summed E-state index contributed by atoms with van der Waals surface area (Å²) in [5.41, 5.74) is 0. The van der Waals surface area contributed by atoms with E-state index < -0.39 is 0 Å². The van der Waals surface area contributed by atoms with Gasteiger partial charge in [0.1, 0.15) is 10.0 Å². The average Bonchev–Trinajstić information content (AvgIpc) is 3.11. The second-order valence-corrected chi connectivity index (χ2v) is 6.97. The molecule has 2 aromatic heterocycles. The Balaban J connectivity index is 1.53. The van der Waals surface area contributed by atoms with Crippen LogP contribution in [0.2, 0.25) is 0 Å². The number of hydrogen-bond donors (Lipinski definition) is 0. The van der Waals surface area contributed by atoms with Gasteiger partial charge < -0.3 is 4.90 Å². The van der Waals surface area contributed by atoms with Gasteiger partial charge in [0.05, 0.1) is 11.4 Å². The number of hydrogen-bond acceptors (Lipinski definition) is 6. The molecule has 2 aromatic rings. The molecule has 3 heterocycles. The standard InChI is InChI=1S/C13H16N4OS2/c1-10-14-15-12(20-10)9-16-4-6-17(7-5-16)13(18)11-3-2-8-19-11/h2-3,8H,4-7,9H2,1H3. The highest BCUT2D eigenvalue weighted by Crippen LogP contribution is 2.16. The summed E-state index contributed by atoms with van der Waals surface area (Å²) in [6, 6.07) is 3.81. The van der Waals surface area contributed by atoms with Gasteiger partial charge in [-0.2, -0.15) is 0 Å². The zero-order valence-corrected chi connectivity index (χ0v) is 12.9. The molecular formula is C13H16N4OS2. The first-order chi connectivity index (χ1) is 9.72. The van der Waals surface area contributed by atoms with E-state index in [0.29, 0.717) is 0 Å². The Bertz CT molecular complexity index is 573. The summed E-state index contributed by atoms with van der Waals surface area (Å²) in [7, 11) is 0. The number of aromatic nitrogens is 2. The van der Waals surface area contributed by atoms with E-state index in [4.69, 9.17) is 0 Å². The molecule has 0 aromatic carbocycles. The van der Waals surface area contributed by atoms with Crippen LogP contribution in [0.3, 0.4) is 0 Å². The first-order valence-corrected chi connectivity index (χ1v) is 8.26. The van der Waals surface area contributed by atoms with Gasteiger partial charge >= 0.3 is 0 Å². The molecule has 1 amide bonds. The molecule has 0 spiro atoms. The number of thiophene rings is 1. The SMILES string of the molecule is Cc1nnc(CN2CCN(C(=O)c3cccs3)CC2)s1. The third-order valence-electron chi connectivity index (χ3n) is 3.32. The number of carbonyl (C=O) groups is 1. The Morgan fingerprint density at radius 3 is 2.70 bits per heavy atom. The maximum Gasteiger partial charge on any atom is 0.264 e. The van der Waals surface area contributed by atoms with E-state index in [-0.39, 0.29) is 5.91 Å². The molecule has 0 saturated carbocycles. The fourth-order valence-electron chi connectivity index (χ4n) is 2.26. The van der Waals surface area contributed by atoms with Crippen molar-refractivity contribution in [2.75, 3.05) is 26.2 Å². The molecule has 1 saturated heterocycles. The van der Waals surface area contributed by atoms with Gasteiger partial charge in [0.15, 0.2) is 0 Å². The fraction of sp³-hybridized carbons (Fsp3) is 0.462. The van der Waals surface area contributed by atoms with Gasteiger partial charge in [0, 0.05) is 26.2 Å². The van der Waals surface area contributed by atoms with Crippen molar-refractivity contribution < 1.29 is 4.79 Å². The molecule has 0 N–H and O–H groups in total. The van der Waals surface area contributed by atoms with Crippen LogP contribution in [0.25, 0.3) is 0 Å². The predicted octanol–water partition coefficient (Wildman–Crippen LogP) is 1.87. The van der Waals surface area contributed by atoms with E-state index in [9.17, 15) is 4.79 Å². The van der Waals surface area contributed by atoms with Gasteiger partial charge in [-0.3, -0.25) is 9.69 Å². The van der Waals surface area contributed by atoms with Crippen LogP contribution in [-0.2, 0) is 6.54 Å². The maximum absolute atomic E-state index is 12.2. The van der Waals surface area contributed by atoms with Crippen LogP contribution in [-0.4, -0.2) is 52.1 Å². The van der Waals surface area contributed by atoms with Crippen LogP contribution >= 0.6 is 22.7 Å². The third-order valence-corrected chi connectivity index (χ3v) is 5.00. The highest BCUT2D eigenvalue weighted by Gasteiger charge is 2.23. The first-order valence-electron chi connectivity index (χ1n) is 6.56. The molecule has 1 fully saturated rings. The summed E-state index contributed by atoms with van der Waals surface area (Å²) >= 11 is 3.15. The van der Waals surface area contributed by atoms with Crippen molar-refractivity contribution in [1.29, 1.82) is 0 Å². The van der Waals surface area contributed by atoms with E-state index in [2.05, 4.69) is 15.1 Å². The molecule has 20 heavy (non-hydrogen) atoms. The number of aryl methyl sites for hydroxylation is 1. The van der Waals surface area contributed by atoms with E-state index in [1.807, 2.05) is 29.3 Å². The van der Waals surface area contributed by atoms with Crippen LogP contribution in [0.4, 0.5) is 0 Å². The fourth-order valence-corrected chi connectivity index (χ4v) is 3.70. The molecular weight excluding hydrogens is 292 g/mol. The van der Waals surface area contributed by atoms with Crippen molar-refractivity contribution in [2.24, 2.45) is 0 Å². The highest BCUT2D eigenvalue weighted by atomic mass is 32.1. The lowest BCUT2D eigenvalue weighted by Gasteiger charge is -2.33. The lowest BCUT2D eigenvalue weighted by Crippen LogP contribution is -2.48. The first kappa shape index (κ1) is 13.7. The number of carbonyl (C=O) groups excluding carboxylic acids is 1. The van der Waals surface area contributed by atoms with Gasteiger partial charge in [-0.1, -0.05) is 6.07 Å². The molecule has 7 heteroatoms. The zero-order valence-electron chi connectivity index (χ0n) is 11.3. The quantitative estimate of drug-likeness (QED) is 0.868. The molecule has 0 aliphatic carbocycles. The minimum Gasteiger partial charge on any atom is -0.335 e. The Kier molecular flexibility index (Phi) is 4.09. The molecule has 5 nitrogen and oxygen atoms in total. The minimum atomic E-state index is 0.159. The van der Waals surface area contributed by atoms with Crippen molar-refractivity contribution in [3.63, 3.8) is 0 Å².